The zero-order valence-corrected chi connectivity index (χ0v) is 11.9. The summed E-state index contributed by atoms with van der Waals surface area (Å²) in [5.41, 5.74) is 2.51. The summed E-state index contributed by atoms with van der Waals surface area (Å²) in [5.74, 6) is -0.663. The Morgan fingerprint density at radius 1 is 1.15 bits per heavy atom. The molecule has 102 valence electrons. The normalized spacial score (nSPS) is 14.3. The van der Waals surface area contributed by atoms with E-state index < -0.39 is 5.97 Å². The first-order chi connectivity index (χ1) is 9.56. The number of carboxylic acid groups (broad SMARTS) is 1. The number of carboxylic acids is 1. The Labute approximate surface area is 126 Å². The summed E-state index contributed by atoms with van der Waals surface area (Å²) in [6.07, 6.45) is 2.00. The third kappa shape index (κ3) is 2.51. The summed E-state index contributed by atoms with van der Waals surface area (Å²) < 4.78 is 0. The predicted molar refractivity (Wildman–Crippen MR) is 78.6 cm³/mol. The van der Waals surface area contributed by atoms with Crippen LogP contribution >= 0.6 is 23.2 Å². The van der Waals surface area contributed by atoms with Gasteiger partial charge in [0, 0.05) is 11.5 Å². The van der Waals surface area contributed by atoms with Crippen molar-refractivity contribution in [1.29, 1.82) is 0 Å². The van der Waals surface area contributed by atoms with Crippen molar-refractivity contribution in [2.45, 2.75) is 18.8 Å². The van der Waals surface area contributed by atoms with Gasteiger partial charge in [-0.2, -0.15) is 0 Å². The van der Waals surface area contributed by atoms with Gasteiger partial charge in [-0.05, 0) is 37.1 Å². The molecule has 1 aliphatic rings. The largest absolute Gasteiger partial charge is 0.478 e. The van der Waals surface area contributed by atoms with E-state index in [2.05, 4.69) is 4.98 Å². The van der Waals surface area contributed by atoms with Crippen LogP contribution in [0.2, 0.25) is 10.0 Å². The third-order valence-corrected chi connectivity index (χ3v) is 4.07. The van der Waals surface area contributed by atoms with Crippen LogP contribution in [0, 0.1) is 0 Å². The molecule has 20 heavy (non-hydrogen) atoms. The van der Waals surface area contributed by atoms with Gasteiger partial charge >= 0.3 is 5.97 Å². The van der Waals surface area contributed by atoms with Gasteiger partial charge in [0.05, 0.1) is 27.0 Å². The first-order valence-electron chi connectivity index (χ1n) is 6.26. The van der Waals surface area contributed by atoms with E-state index >= 15 is 0 Å². The van der Waals surface area contributed by atoms with Crippen LogP contribution in [0.15, 0.2) is 30.3 Å². The number of pyridine rings is 1. The maximum Gasteiger partial charge on any atom is 0.337 e. The Balaban J connectivity index is 2.08. The number of rotatable bonds is 3. The number of benzene rings is 1. The van der Waals surface area contributed by atoms with Gasteiger partial charge in [0.1, 0.15) is 0 Å². The first kappa shape index (κ1) is 13.4. The number of hydrogen-bond donors (Lipinski definition) is 1. The van der Waals surface area contributed by atoms with Crippen molar-refractivity contribution in [3.63, 3.8) is 0 Å². The van der Waals surface area contributed by atoms with Gasteiger partial charge in [-0.25, -0.2) is 4.79 Å². The minimum absolute atomic E-state index is 0.267. The maximum atomic E-state index is 11.2. The molecule has 0 aliphatic heterocycles. The molecule has 1 fully saturated rings. The van der Waals surface area contributed by atoms with Gasteiger partial charge < -0.3 is 5.11 Å². The molecule has 2 aromatic rings. The van der Waals surface area contributed by atoms with E-state index in [0.717, 1.165) is 24.1 Å². The SMILES string of the molecule is O=C(O)c1ccc(-c2ccc(Cl)c(Cl)c2)nc1C1CC1. The molecule has 3 rings (SSSR count). The van der Waals surface area contributed by atoms with E-state index in [9.17, 15) is 9.90 Å². The van der Waals surface area contributed by atoms with Gasteiger partial charge in [0.2, 0.25) is 0 Å². The highest BCUT2D eigenvalue weighted by Crippen LogP contribution is 2.41. The lowest BCUT2D eigenvalue weighted by molar-refractivity contribution is 0.0695. The number of hydrogen-bond acceptors (Lipinski definition) is 2. The molecule has 0 radical (unpaired) electrons. The van der Waals surface area contributed by atoms with Gasteiger partial charge in [-0.1, -0.05) is 29.3 Å². The molecular weight excluding hydrogens is 297 g/mol. The van der Waals surface area contributed by atoms with Gasteiger partial charge in [-0.15, -0.1) is 0 Å². The second-order valence-electron chi connectivity index (χ2n) is 4.84. The zero-order chi connectivity index (χ0) is 14.3. The molecule has 1 aromatic heterocycles. The van der Waals surface area contributed by atoms with Gasteiger partial charge in [0.15, 0.2) is 0 Å². The van der Waals surface area contributed by atoms with Crippen molar-refractivity contribution in [3.05, 3.63) is 51.6 Å². The average Bonchev–Trinajstić information content (AvgIpc) is 3.25. The Morgan fingerprint density at radius 2 is 1.90 bits per heavy atom. The lowest BCUT2D eigenvalue weighted by Gasteiger charge is -2.08. The second-order valence-corrected chi connectivity index (χ2v) is 5.65. The Bertz CT molecular complexity index is 696. The smallest absolute Gasteiger partial charge is 0.337 e. The van der Waals surface area contributed by atoms with Crippen LogP contribution in [0.3, 0.4) is 0 Å². The molecule has 1 saturated carbocycles. The molecular formula is C15H11Cl2NO2. The monoisotopic (exact) mass is 307 g/mol. The highest BCUT2D eigenvalue weighted by molar-refractivity contribution is 6.42. The fourth-order valence-corrected chi connectivity index (χ4v) is 2.44. The third-order valence-electron chi connectivity index (χ3n) is 3.33. The first-order valence-corrected chi connectivity index (χ1v) is 7.01. The van der Waals surface area contributed by atoms with Crippen LogP contribution in [0.25, 0.3) is 11.3 Å². The van der Waals surface area contributed by atoms with Crippen molar-refractivity contribution in [3.8, 4) is 11.3 Å². The van der Waals surface area contributed by atoms with Crippen LogP contribution < -0.4 is 0 Å². The molecule has 0 amide bonds. The second kappa shape index (κ2) is 5.08. The van der Waals surface area contributed by atoms with E-state index in [1.54, 1.807) is 24.3 Å². The lowest BCUT2D eigenvalue weighted by atomic mass is 10.1. The van der Waals surface area contributed by atoms with Crippen molar-refractivity contribution >= 4 is 29.2 Å². The average molecular weight is 308 g/mol. The predicted octanol–water partition coefficient (Wildman–Crippen LogP) is 4.63. The fraction of sp³-hybridized carbons (Fsp3) is 0.200. The van der Waals surface area contributed by atoms with Crippen molar-refractivity contribution in [2.75, 3.05) is 0 Å². The summed E-state index contributed by atoms with van der Waals surface area (Å²) in [4.78, 5) is 15.7. The van der Waals surface area contributed by atoms with Crippen molar-refractivity contribution in [1.82, 2.24) is 4.98 Å². The minimum Gasteiger partial charge on any atom is -0.478 e. The molecule has 1 N–H and O–H groups in total. The molecule has 1 aromatic carbocycles. The van der Waals surface area contributed by atoms with E-state index in [1.165, 1.54) is 0 Å². The number of carbonyl (C=O) groups is 1. The van der Waals surface area contributed by atoms with Crippen molar-refractivity contribution < 1.29 is 9.90 Å². The molecule has 0 bridgehead atoms. The number of nitrogens with zero attached hydrogens (tertiary/aromatic N) is 1. The van der Waals surface area contributed by atoms with Crippen LogP contribution in [-0.4, -0.2) is 16.1 Å². The van der Waals surface area contributed by atoms with Crippen LogP contribution in [0.5, 0.6) is 0 Å². The Hall–Kier alpha value is -1.58. The lowest BCUT2D eigenvalue weighted by Crippen LogP contribution is -2.04. The molecule has 0 spiro atoms. The topological polar surface area (TPSA) is 50.2 Å². The molecule has 1 heterocycles. The molecule has 3 nitrogen and oxygen atoms in total. The zero-order valence-electron chi connectivity index (χ0n) is 10.4. The van der Waals surface area contributed by atoms with Crippen LogP contribution in [0.1, 0.15) is 34.8 Å². The Morgan fingerprint density at radius 3 is 2.50 bits per heavy atom. The number of aromatic nitrogens is 1. The van der Waals surface area contributed by atoms with E-state index in [-0.39, 0.29) is 11.5 Å². The van der Waals surface area contributed by atoms with Gasteiger partial charge in [-0.3, -0.25) is 4.98 Å². The molecule has 5 heteroatoms. The summed E-state index contributed by atoms with van der Waals surface area (Å²) in [6.45, 7) is 0. The summed E-state index contributed by atoms with van der Waals surface area (Å²) in [5, 5.41) is 10.2. The summed E-state index contributed by atoms with van der Waals surface area (Å²) in [7, 11) is 0. The fourth-order valence-electron chi connectivity index (χ4n) is 2.14. The molecule has 0 saturated heterocycles. The Kier molecular flexibility index (Phi) is 3.40. The number of halogens is 2. The van der Waals surface area contributed by atoms with E-state index in [1.807, 2.05) is 6.07 Å². The molecule has 1 aliphatic carbocycles. The maximum absolute atomic E-state index is 11.2. The summed E-state index contributed by atoms with van der Waals surface area (Å²) in [6, 6.07) is 8.59. The summed E-state index contributed by atoms with van der Waals surface area (Å²) >= 11 is 11.9. The van der Waals surface area contributed by atoms with Crippen LogP contribution in [-0.2, 0) is 0 Å². The van der Waals surface area contributed by atoms with Gasteiger partial charge in [0.25, 0.3) is 0 Å². The van der Waals surface area contributed by atoms with Crippen molar-refractivity contribution in [2.24, 2.45) is 0 Å². The number of aromatic carboxylic acids is 1. The standard InChI is InChI=1S/C15H11Cl2NO2/c16-11-5-3-9(7-12(11)17)13-6-4-10(15(19)20)14(18-13)8-1-2-8/h3-8H,1-2H2,(H,19,20). The highest BCUT2D eigenvalue weighted by Gasteiger charge is 2.30. The van der Waals surface area contributed by atoms with E-state index in [4.69, 9.17) is 23.2 Å². The van der Waals surface area contributed by atoms with E-state index in [0.29, 0.717) is 15.7 Å². The molecule has 0 unspecified atom stereocenters. The molecule has 0 atom stereocenters. The quantitative estimate of drug-likeness (QED) is 0.899. The minimum atomic E-state index is -0.930. The van der Waals surface area contributed by atoms with Crippen LogP contribution in [0.4, 0.5) is 0 Å². The highest BCUT2D eigenvalue weighted by atomic mass is 35.5.